The molecule has 3 atom stereocenters. The lowest BCUT2D eigenvalue weighted by atomic mass is 9.61. The van der Waals surface area contributed by atoms with Crippen molar-refractivity contribution in [1.82, 2.24) is 0 Å². The molecule has 2 fully saturated rings. The normalized spacial score (nSPS) is 41.7. The predicted octanol–water partition coefficient (Wildman–Crippen LogP) is 3.82. The number of ketones is 1. The minimum atomic E-state index is 0.392. The molecule has 2 rings (SSSR count). The van der Waals surface area contributed by atoms with Gasteiger partial charge in [0.05, 0.1) is 0 Å². The van der Waals surface area contributed by atoms with Gasteiger partial charge in [-0.3, -0.25) is 4.79 Å². The average molecular weight is 208 g/mol. The molecule has 1 nitrogen and oxygen atoms in total. The second-order valence-corrected chi connectivity index (χ2v) is 6.13. The Bertz CT molecular complexity index is 256. The van der Waals surface area contributed by atoms with E-state index in [1.165, 1.54) is 19.3 Å². The van der Waals surface area contributed by atoms with Crippen LogP contribution >= 0.6 is 0 Å². The Morgan fingerprint density at radius 2 is 2.07 bits per heavy atom. The summed E-state index contributed by atoms with van der Waals surface area (Å²) in [6, 6.07) is 0. The number of carbonyl (C=O) groups is 1. The Kier molecular flexibility index (Phi) is 2.92. The molecule has 86 valence electrons. The summed E-state index contributed by atoms with van der Waals surface area (Å²) in [5.74, 6) is 2.85. The molecule has 0 N–H and O–H groups in total. The standard InChI is InChI=1S/C14H24O/c1-10(2)13-7-6-11(3)14(13)8-4-5-12(15)9-14/h10-11,13H,4-9H2,1-3H3/t11-,13-,14-/m0/s1. The van der Waals surface area contributed by atoms with Crippen molar-refractivity contribution in [1.29, 1.82) is 0 Å². The van der Waals surface area contributed by atoms with Crippen LogP contribution in [-0.4, -0.2) is 5.78 Å². The van der Waals surface area contributed by atoms with Crippen molar-refractivity contribution in [3.8, 4) is 0 Å². The van der Waals surface area contributed by atoms with Crippen molar-refractivity contribution in [2.75, 3.05) is 0 Å². The van der Waals surface area contributed by atoms with Crippen molar-refractivity contribution in [2.45, 2.75) is 59.3 Å². The van der Waals surface area contributed by atoms with Crippen LogP contribution in [-0.2, 0) is 4.79 Å². The molecule has 0 saturated heterocycles. The third kappa shape index (κ3) is 1.74. The van der Waals surface area contributed by atoms with E-state index in [9.17, 15) is 4.79 Å². The zero-order chi connectivity index (χ0) is 11.1. The molecule has 2 aliphatic rings. The Balaban J connectivity index is 2.24. The highest BCUT2D eigenvalue weighted by atomic mass is 16.1. The average Bonchev–Trinajstić information content (AvgIpc) is 2.44. The number of carbonyl (C=O) groups excluding carboxylic acids is 1. The topological polar surface area (TPSA) is 17.1 Å². The van der Waals surface area contributed by atoms with E-state index in [-0.39, 0.29) is 0 Å². The lowest BCUT2D eigenvalue weighted by Crippen LogP contribution is -2.38. The zero-order valence-corrected chi connectivity index (χ0v) is 10.4. The maximum Gasteiger partial charge on any atom is 0.133 e. The van der Waals surface area contributed by atoms with E-state index in [4.69, 9.17) is 0 Å². The maximum atomic E-state index is 11.7. The molecule has 0 heterocycles. The van der Waals surface area contributed by atoms with E-state index in [1.54, 1.807) is 0 Å². The smallest absolute Gasteiger partial charge is 0.133 e. The molecule has 0 unspecified atom stereocenters. The molecule has 0 amide bonds. The van der Waals surface area contributed by atoms with Gasteiger partial charge in [-0.15, -0.1) is 0 Å². The van der Waals surface area contributed by atoms with E-state index in [0.717, 1.165) is 37.0 Å². The predicted molar refractivity (Wildman–Crippen MR) is 62.6 cm³/mol. The Morgan fingerprint density at radius 1 is 1.33 bits per heavy atom. The van der Waals surface area contributed by atoms with E-state index >= 15 is 0 Å². The van der Waals surface area contributed by atoms with Crippen LogP contribution in [0.3, 0.4) is 0 Å². The van der Waals surface area contributed by atoms with E-state index in [0.29, 0.717) is 11.2 Å². The van der Waals surface area contributed by atoms with Gasteiger partial charge in [0.1, 0.15) is 5.78 Å². The lowest BCUT2D eigenvalue weighted by Gasteiger charge is -2.43. The van der Waals surface area contributed by atoms with Gasteiger partial charge in [0.15, 0.2) is 0 Å². The summed E-state index contributed by atoms with van der Waals surface area (Å²) < 4.78 is 0. The van der Waals surface area contributed by atoms with Crippen molar-refractivity contribution in [3.05, 3.63) is 0 Å². The van der Waals surface area contributed by atoms with Crippen LogP contribution in [0.4, 0.5) is 0 Å². The van der Waals surface area contributed by atoms with Crippen LogP contribution in [0.2, 0.25) is 0 Å². The minimum Gasteiger partial charge on any atom is -0.300 e. The second kappa shape index (κ2) is 3.92. The van der Waals surface area contributed by atoms with Gasteiger partial charge in [-0.25, -0.2) is 0 Å². The fraction of sp³-hybridized carbons (Fsp3) is 0.929. The van der Waals surface area contributed by atoms with E-state index in [1.807, 2.05) is 0 Å². The minimum absolute atomic E-state index is 0.392. The molecule has 1 heteroatoms. The molecular weight excluding hydrogens is 184 g/mol. The lowest BCUT2D eigenvalue weighted by molar-refractivity contribution is -0.126. The molecule has 0 bridgehead atoms. The first-order valence-corrected chi connectivity index (χ1v) is 6.58. The molecule has 2 saturated carbocycles. The Morgan fingerprint density at radius 3 is 2.67 bits per heavy atom. The zero-order valence-electron chi connectivity index (χ0n) is 10.4. The number of Topliss-reactive ketones (excluding diaryl/α,β-unsaturated/α-hetero) is 1. The van der Waals surface area contributed by atoms with Crippen molar-refractivity contribution >= 4 is 5.78 Å². The number of hydrogen-bond acceptors (Lipinski definition) is 1. The summed E-state index contributed by atoms with van der Waals surface area (Å²) in [7, 11) is 0. The fourth-order valence-corrected chi connectivity index (χ4v) is 4.26. The summed E-state index contributed by atoms with van der Waals surface area (Å²) in [5, 5.41) is 0. The van der Waals surface area contributed by atoms with Crippen LogP contribution in [0.5, 0.6) is 0 Å². The van der Waals surface area contributed by atoms with Gasteiger partial charge in [-0.05, 0) is 48.9 Å². The SMILES string of the molecule is CC(C)[C@@H]1CC[C@H](C)[C@@]12CCCC(=O)C2. The van der Waals surface area contributed by atoms with Gasteiger partial charge in [0.2, 0.25) is 0 Å². The molecule has 15 heavy (non-hydrogen) atoms. The Hall–Kier alpha value is -0.330. The molecule has 0 aromatic heterocycles. The third-order valence-electron chi connectivity index (χ3n) is 5.06. The van der Waals surface area contributed by atoms with Crippen molar-refractivity contribution < 1.29 is 4.79 Å². The fourth-order valence-electron chi connectivity index (χ4n) is 4.26. The number of rotatable bonds is 1. The molecule has 0 aromatic carbocycles. The van der Waals surface area contributed by atoms with Gasteiger partial charge in [0.25, 0.3) is 0 Å². The highest BCUT2D eigenvalue weighted by Crippen LogP contribution is 2.57. The van der Waals surface area contributed by atoms with Crippen molar-refractivity contribution in [2.24, 2.45) is 23.2 Å². The monoisotopic (exact) mass is 208 g/mol. The first-order chi connectivity index (χ1) is 7.06. The first kappa shape index (κ1) is 11.2. The highest BCUT2D eigenvalue weighted by molar-refractivity contribution is 5.80. The van der Waals surface area contributed by atoms with E-state index in [2.05, 4.69) is 20.8 Å². The van der Waals surface area contributed by atoms with Crippen LogP contribution in [0.25, 0.3) is 0 Å². The molecule has 0 aromatic rings. The van der Waals surface area contributed by atoms with Gasteiger partial charge >= 0.3 is 0 Å². The van der Waals surface area contributed by atoms with Gasteiger partial charge < -0.3 is 0 Å². The van der Waals surface area contributed by atoms with Crippen LogP contribution < -0.4 is 0 Å². The Labute approximate surface area is 93.6 Å². The summed E-state index contributed by atoms with van der Waals surface area (Å²) >= 11 is 0. The molecule has 0 radical (unpaired) electrons. The van der Waals surface area contributed by atoms with Gasteiger partial charge in [0, 0.05) is 12.8 Å². The van der Waals surface area contributed by atoms with Gasteiger partial charge in [-0.1, -0.05) is 20.8 Å². The second-order valence-electron chi connectivity index (χ2n) is 6.13. The molecule has 2 aliphatic carbocycles. The number of hydrogen-bond donors (Lipinski definition) is 0. The van der Waals surface area contributed by atoms with Gasteiger partial charge in [-0.2, -0.15) is 0 Å². The van der Waals surface area contributed by atoms with Crippen molar-refractivity contribution in [3.63, 3.8) is 0 Å². The maximum absolute atomic E-state index is 11.7. The quantitative estimate of drug-likeness (QED) is 0.640. The van der Waals surface area contributed by atoms with Crippen LogP contribution in [0.1, 0.15) is 59.3 Å². The molecular formula is C14H24O. The first-order valence-electron chi connectivity index (χ1n) is 6.58. The van der Waals surface area contributed by atoms with E-state index < -0.39 is 0 Å². The molecule has 1 spiro atoms. The summed E-state index contributed by atoms with van der Waals surface area (Å²) in [5.41, 5.74) is 0.392. The summed E-state index contributed by atoms with van der Waals surface area (Å²) in [6.07, 6.45) is 6.88. The third-order valence-corrected chi connectivity index (χ3v) is 5.06. The summed E-state index contributed by atoms with van der Waals surface area (Å²) in [6.45, 7) is 7.05. The van der Waals surface area contributed by atoms with Crippen LogP contribution in [0, 0.1) is 23.2 Å². The summed E-state index contributed by atoms with van der Waals surface area (Å²) in [4.78, 5) is 11.7. The largest absolute Gasteiger partial charge is 0.300 e. The molecule has 0 aliphatic heterocycles. The highest BCUT2D eigenvalue weighted by Gasteiger charge is 2.50. The van der Waals surface area contributed by atoms with Crippen LogP contribution in [0.15, 0.2) is 0 Å².